The number of carbonyl (C=O) groups is 2. The summed E-state index contributed by atoms with van der Waals surface area (Å²) in [4.78, 5) is 22.6. The Hall–Kier alpha value is -1.01. The molecule has 0 aromatic carbocycles. The molecule has 0 unspecified atom stereocenters. The number of nitrogens with two attached hydrogens (primary N) is 1. The smallest absolute Gasteiger partial charge is 0.462 e. The molecular formula is C13H24ClNO5. The lowest BCUT2D eigenvalue weighted by atomic mass is 9.82. The maximum atomic E-state index is 11.7. The highest BCUT2D eigenvalue weighted by atomic mass is 35.5. The summed E-state index contributed by atoms with van der Waals surface area (Å²) in [6.45, 7) is 2.76. The highest BCUT2D eigenvalue weighted by Crippen LogP contribution is 2.28. The molecule has 1 aliphatic rings. The van der Waals surface area contributed by atoms with E-state index >= 15 is 0 Å². The van der Waals surface area contributed by atoms with Crippen LogP contribution in [-0.4, -0.2) is 38.5 Å². The molecule has 6 nitrogen and oxygen atoms in total. The van der Waals surface area contributed by atoms with Crippen molar-refractivity contribution in [3.05, 3.63) is 0 Å². The number of ether oxygens (including phenoxy) is 3. The van der Waals surface area contributed by atoms with Gasteiger partial charge in [-0.1, -0.05) is 0 Å². The third-order valence-corrected chi connectivity index (χ3v) is 3.32. The Morgan fingerprint density at radius 1 is 1.05 bits per heavy atom. The van der Waals surface area contributed by atoms with Gasteiger partial charge in [0.15, 0.2) is 0 Å². The van der Waals surface area contributed by atoms with Crippen LogP contribution < -0.4 is 5.73 Å². The second-order valence-electron chi connectivity index (χ2n) is 4.65. The number of hydrogen-bond acceptors (Lipinski definition) is 6. The van der Waals surface area contributed by atoms with Crippen molar-refractivity contribution in [1.29, 1.82) is 0 Å². The molecule has 0 aromatic rings. The Balaban J connectivity index is 0.00000361. The van der Waals surface area contributed by atoms with Crippen LogP contribution in [-0.2, 0) is 19.0 Å². The van der Waals surface area contributed by atoms with Gasteiger partial charge in [-0.2, -0.15) is 0 Å². The molecule has 0 aromatic heterocycles. The van der Waals surface area contributed by atoms with Crippen molar-refractivity contribution < 1.29 is 23.8 Å². The molecule has 1 fully saturated rings. The lowest BCUT2D eigenvalue weighted by molar-refractivity contribution is -0.151. The number of carbonyl (C=O) groups excluding carboxylic acids is 2. The minimum absolute atomic E-state index is 0. The number of rotatable bonds is 6. The Morgan fingerprint density at radius 2 is 1.65 bits per heavy atom. The predicted molar refractivity (Wildman–Crippen MR) is 75.7 cm³/mol. The van der Waals surface area contributed by atoms with Crippen molar-refractivity contribution in [1.82, 2.24) is 0 Å². The molecule has 0 saturated heterocycles. The summed E-state index contributed by atoms with van der Waals surface area (Å²) in [5, 5.41) is 0. The molecule has 0 atom stereocenters. The zero-order valence-electron chi connectivity index (χ0n) is 11.8. The van der Waals surface area contributed by atoms with Gasteiger partial charge in [0.05, 0.1) is 12.5 Å². The lowest BCUT2D eigenvalue weighted by Crippen LogP contribution is -2.27. The van der Waals surface area contributed by atoms with Gasteiger partial charge in [0.25, 0.3) is 0 Å². The molecule has 20 heavy (non-hydrogen) atoms. The second-order valence-corrected chi connectivity index (χ2v) is 4.65. The van der Waals surface area contributed by atoms with E-state index in [-0.39, 0.29) is 44.1 Å². The minimum Gasteiger partial charge on any atom is -0.462 e. The summed E-state index contributed by atoms with van der Waals surface area (Å²) in [7, 11) is 0. The largest absolute Gasteiger partial charge is 0.508 e. The maximum Gasteiger partial charge on any atom is 0.508 e. The SMILES string of the molecule is CCOC(=O)OCCOC(=O)[C@H]1CC[C@H](CN)CC1.Cl. The van der Waals surface area contributed by atoms with Gasteiger partial charge in [-0.3, -0.25) is 4.79 Å². The van der Waals surface area contributed by atoms with E-state index in [0.717, 1.165) is 25.7 Å². The van der Waals surface area contributed by atoms with E-state index in [1.165, 1.54) is 0 Å². The highest BCUT2D eigenvalue weighted by molar-refractivity contribution is 5.85. The third kappa shape index (κ3) is 6.96. The Morgan fingerprint density at radius 3 is 2.20 bits per heavy atom. The Kier molecular flexibility index (Phi) is 10.2. The summed E-state index contributed by atoms with van der Waals surface area (Å²) in [5.74, 6) is 0.296. The van der Waals surface area contributed by atoms with Gasteiger partial charge < -0.3 is 19.9 Å². The minimum atomic E-state index is -0.734. The van der Waals surface area contributed by atoms with Gasteiger partial charge in [0, 0.05) is 0 Å². The maximum absolute atomic E-state index is 11.7. The van der Waals surface area contributed by atoms with Gasteiger partial charge in [-0.15, -0.1) is 12.4 Å². The first-order valence-corrected chi connectivity index (χ1v) is 6.83. The van der Waals surface area contributed by atoms with Gasteiger partial charge in [0.1, 0.15) is 13.2 Å². The molecule has 0 aliphatic heterocycles. The lowest BCUT2D eigenvalue weighted by Gasteiger charge is -2.26. The van der Waals surface area contributed by atoms with E-state index < -0.39 is 6.16 Å². The first-order chi connectivity index (χ1) is 9.17. The van der Waals surface area contributed by atoms with Crippen molar-refractivity contribution in [3.63, 3.8) is 0 Å². The summed E-state index contributed by atoms with van der Waals surface area (Å²) < 4.78 is 14.4. The van der Waals surface area contributed by atoms with E-state index in [4.69, 9.17) is 15.2 Å². The number of halogens is 1. The summed E-state index contributed by atoms with van der Waals surface area (Å²) in [6.07, 6.45) is 2.89. The van der Waals surface area contributed by atoms with Crippen LogP contribution in [0.3, 0.4) is 0 Å². The molecule has 0 bridgehead atoms. The third-order valence-electron chi connectivity index (χ3n) is 3.32. The van der Waals surface area contributed by atoms with E-state index in [1.807, 2.05) is 0 Å². The molecule has 1 saturated carbocycles. The first-order valence-electron chi connectivity index (χ1n) is 6.83. The van der Waals surface area contributed by atoms with Crippen molar-refractivity contribution >= 4 is 24.5 Å². The number of hydrogen-bond donors (Lipinski definition) is 1. The van der Waals surface area contributed by atoms with Gasteiger partial charge in [-0.25, -0.2) is 4.79 Å². The second kappa shape index (κ2) is 10.7. The van der Waals surface area contributed by atoms with Crippen LogP contribution in [0.1, 0.15) is 32.6 Å². The van der Waals surface area contributed by atoms with Crippen LogP contribution >= 0.6 is 12.4 Å². The van der Waals surface area contributed by atoms with Gasteiger partial charge in [0.2, 0.25) is 0 Å². The zero-order valence-corrected chi connectivity index (χ0v) is 12.7. The average molecular weight is 310 g/mol. The molecule has 0 spiro atoms. The van der Waals surface area contributed by atoms with Crippen LogP contribution in [0.4, 0.5) is 4.79 Å². The molecular weight excluding hydrogens is 286 g/mol. The molecule has 1 aliphatic carbocycles. The quantitative estimate of drug-likeness (QED) is 0.595. The van der Waals surface area contributed by atoms with Crippen LogP contribution in [0.25, 0.3) is 0 Å². The molecule has 0 heterocycles. The molecule has 0 amide bonds. The monoisotopic (exact) mass is 309 g/mol. The average Bonchev–Trinajstić information content (AvgIpc) is 2.44. The highest BCUT2D eigenvalue weighted by Gasteiger charge is 2.26. The molecule has 7 heteroatoms. The van der Waals surface area contributed by atoms with E-state index in [0.29, 0.717) is 12.5 Å². The molecule has 0 radical (unpaired) electrons. The number of esters is 1. The van der Waals surface area contributed by atoms with Crippen molar-refractivity contribution in [3.8, 4) is 0 Å². The predicted octanol–water partition coefficient (Wildman–Crippen LogP) is 1.89. The van der Waals surface area contributed by atoms with E-state index in [9.17, 15) is 9.59 Å². The van der Waals surface area contributed by atoms with Gasteiger partial charge in [-0.05, 0) is 45.1 Å². The summed E-state index contributed by atoms with van der Waals surface area (Å²) >= 11 is 0. The summed E-state index contributed by atoms with van der Waals surface area (Å²) in [6, 6.07) is 0. The fourth-order valence-corrected chi connectivity index (χ4v) is 2.18. The van der Waals surface area contributed by atoms with Crippen LogP contribution in [0.2, 0.25) is 0 Å². The fraction of sp³-hybridized carbons (Fsp3) is 0.846. The topological polar surface area (TPSA) is 87.9 Å². The van der Waals surface area contributed by atoms with Crippen molar-refractivity contribution in [2.75, 3.05) is 26.4 Å². The van der Waals surface area contributed by atoms with E-state index in [2.05, 4.69) is 4.74 Å². The Bertz CT molecular complexity index is 292. The molecule has 118 valence electrons. The van der Waals surface area contributed by atoms with Crippen LogP contribution in [0.15, 0.2) is 0 Å². The fourth-order valence-electron chi connectivity index (χ4n) is 2.18. The normalized spacial score (nSPS) is 21.5. The zero-order chi connectivity index (χ0) is 14.1. The molecule has 2 N–H and O–H groups in total. The van der Waals surface area contributed by atoms with E-state index in [1.54, 1.807) is 6.92 Å². The van der Waals surface area contributed by atoms with Crippen molar-refractivity contribution in [2.45, 2.75) is 32.6 Å². The van der Waals surface area contributed by atoms with Crippen LogP contribution in [0, 0.1) is 11.8 Å². The standard InChI is InChI=1S/C13H23NO5.ClH/c1-2-17-13(16)19-8-7-18-12(15)11-5-3-10(9-14)4-6-11;/h10-11H,2-9,14H2,1H3;1H/t10-,11-;. The van der Waals surface area contributed by atoms with Crippen molar-refractivity contribution in [2.24, 2.45) is 17.6 Å². The van der Waals surface area contributed by atoms with Crippen LogP contribution in [0.5, 0.6) is 0 Å². The molecule has 1 rings (SSSR count). The van der Waals surface area contributed by atoms with Gasteiger partial charge >= 0.3 is 12.1 Å². The first kappa shape index (κ1) is 19.0. The summed E-state index contributed by atoms with van der Waals surface area (Å²) in [5.41, 5.74) is 5.60. The Labute approximate surface area is 125 Å².